The van der Waals surface area contributed by atoms with Crippen LogP contribution in [0.4, 0.5) is 0 Å². The number of likely N-dealkylation sites (tertiary alicyclic amines) is 2. The normalized spacial score (nSPS) is 29.1. The van der Waals surface area contributed by atoms with Gasteiger partial charge in [0.25, 0.3) is 5.54 Å². The number of nitrogens with zero attached hydrogens (tertiary/aromatic N) is 3. The Balaban J connectivity index is 2.02. The van der Waals surface area contributed by atoms with Crippen molar-refractivity contribution < 1.29 is 9.66 Å². The van der Waals surface area contributed by atoms with Crippen molar-refractivity contribution in [2.75, 3.05) is 46.4 Å². The lowest BCUT2D eigenvalue weighted by molar-refractivity contribution is -0.585. The molecule has 2 bridgehead atoms. The molecule has 2 heterocycles. The molecule has 0 unspecified atom stereocenters. The third-order valence-electron chi connectivity index (χ3n) is 5.64. The minimum Gasteiger partial charge on any atom is -0.497 e. The van der Waals surface area contributed by atoms with Crippen molar-refractivity contribution in [2.45, 2.75) is 11.5 Å². The molecule has 2 fully saturated rings. The van der Waals surface area contributed by atoms with Crippen molar-refractivity contribution in [1.82, 2.24) is 9.80 Å². The zero-order chi connectivity index (χ0) is 18.7. The summed E-state index contributed by atoms with van der Waals surface area (Å²) in [6.45, 7) is 11.5. The van der Waals surface area contributed by atoms with Gasteiger partial charge in [0, 0.05) is 31.1 Å². The van der Waals surface area contributed by atoms with Crippen molar-refractivity contribution in [3.8, 4) is 5.75 Å². The first-order valence-corrected chi connectivity index (χ1v) is 8.99. The Kier molecular flexibility index (Phi) is 5.44. The number of fused-ring (bicyclic) bond motifs is 2. The van der Waals surface area contributed by atoms with Crippen LogP contribution in [-0.4, -0.2) is 66.6 Å². The molecule has 1 aromatic rings. The van der Waals surface area contributed by atoms with Crippen molar-refractivity contribution >= 4 is 0 Å². The lowest BCUT2D eigenvalue weighted by Crippen LogP contribution is -2.70. The maximum atomic E-state index is 12.4. The van der Waals surface area contributed by atoms with Gasteiger partial charge in [0.2, 0.25) is 0 Å². The van der Waals surface area contributed by atoms with Gasteiger partial charge in [-0.2, -0.15) is 0 Å². The van der Waals surface area contributed by atoms with Crippen molar-refractivity contribution in [1.29, 1.82) is 0 Å². The van der Waals surface area contributed by atoms with Gasteiger partial charge in [0.1, 0.15) is 5.75 Å². The molecule has 0 radical (unpaired) electrons. The van der Waals surface area contributed by atoms with Crippen LogP contribution >= 0.6 is 0 Å². The van der Waals surface area contributed by atoms with E-state index in [2.05, 4.69) is 23.0 Å². The third kappa shape index (κ3) is 3.27. The molecule has 1 atom stereocenters. The fourth-order valence-electron chi connectivity index (χ4n) is 4.79. The molecule has 0 aromatic heterocycles. The van der Waals surface area contributed by atoms with E-state index >= 15 is 0 Å². The van der Waals surface area contributed by atoms with Crippen LogP contribution in [0, 0.1) is 16.0 Å². The van der Waals surface area contributed by atoms with Crippen LogP contribution in [0.3, 0.4) is 0 Å². The summed E-state index contributed by atoms with van der Waals surface area (Å²) in [7, 11) is 1.63. The van der Waals surface area contributed by atoms with Gasteiger partial charge in [-0.25, -0.2) is 0 Å². The van der Waals surface area contributed by atoms with E-state index < -0.39 is 5.54 Å². The van der Waals surface area contributed by atoms with Gasteiger partial charge in [-0.3, -0.25) is 19.9 Å². The van der Waals surface area contributed by atoms with Crippen LogP contribution in [0.1, 0.15) is 11.5 Å². The maximum absolute atomic E-state index is 12.4. The molecule has 2 saturated heterocycles. The average molecular weight is 357 g/mol. The molecular weight excluding hydrogens is 330 g/mol. The van der Waals surface area contributed by atoms with E-state index in [9.17, 15) is 10.1 Å². The smallest absolute Gasteiger partial charge is 0.254 e. The quantitative estimate of drug-likeness (QED) is 0.426. The summed E-state index contributed by atoms with van der Waals surface area (Å²) in [4.78, 5) is 16.7. The summed E-state index contributed by atoms with van der Waals surface area (Å²) >= 11 is 0. The minimum absolute atomic E-state index is 0.0423. The summed E-state index contributed by atoms with van der Waals surface area (Å²) in [5.74, 6) is 0.855. The molecular formula is C20H27N3O3. The summed E-state index contributed by atoms with van der Waals surface area (Å²) in [5.41, 5.74) is 0.00547. The third-order valence-corrected chi connectivity index (χ3v) is 5.64. The van der Waals surface area contributed by atoms with Crippen LogP contribution in [0.25, 0.3) is 0 Å². The number of hydrogen-bond donors (Lipinski definition) is 0. The molecule has 0 N–H and O–H groups in total. The second-order valence-corrected chi connectivity index (χ2v) is 7.34. The van der Waals surface area contributed by atoms with Crippen LogP contribution < -0.4 is 4.74 Å². The number of nitro groups is 1. The lowest BCUT2D eigenvalue weighted by atomic mass is 9.66. The molecule has 6 nitrogen and oxygen atoms in total. The fraction of sp³-hybridized carbons (Fsp3) is 0.500. The van der Waals surface area contributed by atoms with E-state index in [1.54, 1.807) is 7.11 Å². The maximum Gasteiger partial charge on any atom is 0.254 e. The number of benzene rings is 1. The second-order valence-electron chi connectivity index (χ2n) is 7.34. The summed E-state index contributed by atoms with van der Waals surface area (Å²) in [5, 5.41) is 12.4. The first kappa shape index (κ1) is 18.6. The highest BCUT2D eigenvalue weighted by Crippen LogP contribution is 2.46. The summed E-state index contributed by atoms with van der Waals surface area (Å²) in [6, 6.07) is 7.77. The predicted molar refractivity (Wildman–Crippen MR) is 102 cm³/mol. The molecule has 2 aliphatic heterocycles. The lowest BCUT2D eigenvalue weighted by Gasteiger charge is -2.52. The van der Waals surface area contributed by atoms with Crippen molar-refractivity contribution in [2.24, 2.45) is 5.92 Å². The zero-order valence-corrected chi connectivity index (χ0v) is 15.3. The van der Waals surface area contributed by atoms with Crippen LogP contribution in [0.15, 0.2) is 49.6 Å². The highest BCUT2D eigenvalue weighted by molar-refractivity contribution is 5.33. The summed E-state index contributed by atoms with van der Waals surface area (Å²) < 4.78 is 5.25. The molecule has 0 spiro atoms. The Bertz CT molecular complexity index is 651. The van der Waals surface area contributed by atoms with Gasteiger partial charge in [0.15, 0.2) is 0 Å². The highest BCUT2D eigenvalue weighted by atomic mass is 16.6. The van der Waals surface area contributed by atoms with E-state index in [-0.39, 0.29) is 16.8 Å². The van der Waals surface area contributed by atoms with Crippen LogP contribution in [0.2, 0.25) is 0 Å². The molecule has 0 aliphatic carbocycles. The Hall–Kier alpha value is -2.18. The average Bonchev–Trinajstić information content (AvgIpc) is 2.61. The van der Waals surface area contributed by atoms with Gasteiger partial charge in [-0.05, 0) is 23.6 Å². The number of hydrogen-bond acceptors (Lipinski definition) is 5. The molecule has 3 rings (SSSR count). The second kappa shape index (κ2) is 7.60. The number of piperidine rings is 2. The largest absolute Gasteiger partial charge is 0.497 e. The topological polar surface area (TPSA) is 58.9 Å². The van der Waals surface area contributed by atoms with Crippen LogP contribution in [-0.2, 0) is 0 Å². The number of rotatable bonds is 7. The molecule has 1 aromatic carbocycles. The standard InChI is InChI=1S/C20H27N3O3/c1-4-10-21-12-17-13-22(11-5-2)15-20(14-21,23(24)25)19(17)16-6-8-18(26-3)9-7-16/h4-9,17,19H,1-2,10-15H2,3H3/t17?,19-,20?/m0/s1. The van der Waals surface area contributed by atoms with Gasteiger partial charge in [-0.15, -0.1) is 13.2 Å². The Morgan fingerprint density at radius 1 is 1.19 bits per heavy atom. The first-order valence-electron chi connectivity index (χ1n) is 8.99. The van der Waals surface area contributed by atoms with E-state index in [4.69, 9.17) is 4.74 Å². The van der Waals surface area contributed by atoms with Crippen molar-refractivity contribution in [3.05, 3.63) is 65.3 Å². The molecule has 2 aliphatic rings. The predicted octanol–water partition coefficient (Wildman–Crippen LogP) is 2.41. The Labute approximate surface area is 154 Å². The van der Waals surface area contributed by atoms with E-state index in [1.807, 2.05) is 36.4 Å². The monoisotopic (exact) mass is 357 g/mol. The SMILES string of the molecule is C=CCN1CC2CN(CC=C)CC([N+](=O)[O-])(C1)[C@H]2c1ccc(OC)cc1. The van der Waals surface area contributed by atoms with E-state index in [0.29, 0.717) is 26.2 Å². The fourth-order valence-corrected chi connectivity index (χ4v) is 4.79. The molecule has 140 valence electrons. The summed E-state index contributed by atoms with van der Waals surface area (Å²) in [6.07, 6.45) is 3.66. The van der Waals surface area contributed by atoms with Gasteiger partial charge in [0.05, 0.1) is 26.1 Å². The number of ether oxygens (including phenoxy) is 1. The van der Waals surface area contributed by atoms with Gasteiger partial charge < -0.3 is 4.74 Å². The zero-order valence-electron chi connectivity index (χ0n) is 15.3. The molecule has 26 heavy (non-hydrogen) atoms. The minimum atomic E-state index is -1.03. The Morgan fingerprint density at radius 3 is 2.15 bits per heavy atom. The first-order chi connectivity index (χ1) is 12.5. The van der Waals surface area contributed by atoms with Crippen LogP contribution in [0.5, 0.6) is 5.75 Å². The molecule has 0 saturated carbocycles. The molecule has 6 heteroatoms. The molecule has 0 amide bonds. The Morgan fingerprint density at radius 2 is 1.73 bits per heavy atom. The van der Waals surface area contributed by atoms with E-state index in [0.717, 1.165) is 24.4 Å². The highest BCUT2D eigenvalue weighted by Gasteiger charge is 2.61. The van der Waals surface area contributed by atoms with Crippen molar-refractivity contribution in [3.63, 3.8) is 0 Å². The van der Waals surface area contributed by atoms with E-state index in [1.165, 1.54) is 0 Å². The van der Waals surface area contributed by atoms with Gasteiger partial charge >= 0.3 is 0 Å². The van der Waals surface area contributed by atoms with Gasteiger partial charge in [-0.1, -0.05) is 24.3 Å². The number of methoxy groups -OCH3 is 1.